The number of nitrogens with zero attached hydrogens (tertiary/aromatic N) is 6. The predicted molar refractivity (Wildman–Crippen MR) is 225 cm³/mol. The molecule has 0 unspecified atom stereocenters. The summed E-state index contributed by atoms with van der Waals surface area (Å²) in [6, 6.07) is 19.4. The van der Waals surface area contributed by atoms with E-state index in [1.807, 2.05) is 81.1 Å². The van der Waals surface area contributed by atoms with Crippen LogP contribution in [0.1, 0.15) is 51.4 Å². The average Bonchev–Trinajstić information content (AvgIpc) is 3.73. The van der Waals surface area contributed by atoms with E-state index < -0.39 is 36.3 Å². The van der Waals surface area contributed by atoms with Gasteiger partial charge in [0.1, 0.15) is 17.2 Å². The van der Waals surface area contributed by atoms with Crippen molar-refractivity contribution in [3.63, 3.8) is 0 Å². The van der Waals surface area contributed by atoms with Crippen LogP contribution in [0.5, 0.6) is 11.5 Å². The number of aryl methyl sites for hydroxylation is 1. The Bertz CT molecular complexity index is 2500. The molecule has 63 heavy (non-hydrogen) atoms. The second kappa shape index (κ2) is 19.5. The van der Waals surface area contributed by atoms with Crippen molar-refractivity contribution in [2.75, 3.05) is 10.6 Å². The van der Waals surface area contributed by atoms with E-state index in [4.69, 9.17) is 4.98 Å². The minimum absolute atomic E-state index is 0.112. The van der Waals surface area contributed by atoms with E-state index in [2.05, 4.69) is 30.1 Å². The highest BCUT2D eigenvalue weighted by molar-refractivity contribution is 7.12. The molecule has 0 aliphatic rings. The van der Waals surface area contributed by atoms with Crippen LogP contribution in [-0.4, -0.2) is 61.6 Å². The molecule has 0 fully saturated rings. The average molecular weight is 894 g/mol. The summed E-state index contributed by atoms with van der Waals surface area (Å²) >= 11 is 1.43. The van der Waals surface area contributed by atoms with Crippen molar-refractivity contribution in [2.24, 2.45) is 0 Å². The number of alkyl halides is 6. The zero-order chi connectivity index (χ0) is 45.5. The number of ether oxygens (including phenoxy) is 2. The van der Waals surface area contributed by atoms with E-state index in [0.29, 0.717) is 28.5 Å². The highest BCUT2D eigenvalue weighted by Crippen LogP contribution is 2.28. The summed E-state index contributed by atoms with van der Waals surface area (Å²) in [4.78, 5) is 44.4. The van der Waals surface area contributed by atoms with Crippen molar-refractivity contribution in [1.29, 1.82) is 0 Å². The van der Waals surface area contributed by atoms with Crippen LogP contribution in [-0.2, 0) is 19.5 Å². The van der Waals surface area contributed by atoms with Gasteiger partial charge in [-0.2, -0.15) is 0 Å². The SMILES string of the molecule is CCc1cnc(-c2cc(CN(C(=O)Nc3ccc(OC(F)(F)F)cc3)C(C)C)cc(-[n+]3ccsc3-c3cccc(CN(C(=O)Nc4ccc(OC(F)(F)F)cc4)C(C)C)n3)c2)nc1. The molecule has 0 radical (unpaired) electrons. The number of nitrogens with one attached hydrogen (secondary N) is 2. The Labute approximate surface area is 363 Å². The summed E-state index contributed by atoms with van der Waals surface area (Å²) < 4.78 is 85.8. The molecular weight excluding hydrogens is 851 g/mol. The summed E-state index contributed by atoms with van der Waals surface area (Å²) in [6.45, 7) is 9.61. The van der Waals surface area contributed by atoms with Crippen molar-refractivity contribution in [3.8, 4) is 39.3 Å². The molecule has 12 nitrogen and oxygen atoms in total. The number of pyridine rings is 1. The number of amides is 4. The van der Waals surface area contributed by atoms with E-state index in [-0.39, 0.29) is 36.5 Å². The smallest absolute Gasteiger partial charge is 0.406 e. The van der Waals surface area contributed by atoms with Gasteiger partial charge in [0.25, 0.3) is 5.01 Å². The minimum atomic E-state index is -4.85. The molecule has 0 saturated heterocycles. The quantitative estimate of drug-likeness (QED) is 0.0824. The van der Waals surface area contributed by atoms with Crippen molar-refractivity contribution >= 4 is 34.8 Å². The molecule has 0 spiro atoms. The molecular formula is C44H43F6N8O4S+. The van der Waals surface area contributed by atoms with E-state index in [0.717, 1.165) is 46.8 Å². The summed E-state index contributed by atoms with van der Waals surface area (Å²) in [6.07, 6.45) is -3.54. The Hall–Kier alpha value is -6.76. The number of urea groups is 2. The van der Waals surface area contributed by atoms with Crippen molar-refractivity contribution in [3.05, 3.63) is 126 Å². The molecule has 0 bridgehead atoms. The summed E-state index contributed by atoms with van der Waals surface area (Å²) in [7, 11) is 0. The number of benzene rings is 3. The van der Waals surface area contributed by atoms with Crippen LogP contribution >= 0.6 is 11.3 Å². The number of carbonyl (C=O) groups is 2. The van der Waals surface area contributed by atoms with E-state index >= 15 is 0 Å². The molecule has 19 heteroatoms. The number of thiazole rings is 1. The van der Waals surface area contributed by atoms with Gasteiger partial charge in [-0.1, -0.05) is 24.3 Å². The molecule has 2 N–H and O–H groups in total. The van der Waals surface area contributed by atoms with Crippen molar-refractivity contribution < 1.29 is 50.0 Å². The molecule has 6 rings (SSSR count). The first-order valence-corrected chi connectivity index (χ1v) is 20.5. The molecule has 0 saturated carbocycles. The van der Waals surface area contributed by atoms with Gasteiger partial charge in [0.15, 0.2) is 12.0 Å². The third-order valence-corrected chi connectivity index (χ3v) is 10.3. The van der Waals surface area contributed by atoms with Crippen LogP contribution < -0.4 is 24.7 Å². The number of hydrogen-bond donors (Lipinski definition) is 2. The van der Waals surface area contributed by atoms with Crippen molar-refractivity contribution in [1.82, 2.24) is 24.8 Å². The summed E-state index contributed by atoms with van der Waals surface area (Å²) in [5.74, 6) is -0.364. The van der Waals surface area contributed by atoms with Crippen molar-refractivity contribution in [2.45, 2.75) is 78.9 Å². The molecule has 0 atom stereocenters. The van der Waals surface area contributed by atoms with Gasteiger partial charge in [-0.05, 0) is 112 Å². The van der Waals surface area contributed by atoms with Crippen LogP contribution in [0.3, 0.4) is 0 Å². The lowest BCUT2D eigenvalue weighted by atomic mass is 10.1. The number of aromatic nitrogens is 4. The zero-order valence-corrected chi connectivity index (χ0v) is 35.5. The molecule has 3 aromatic carbocycles. The van der Waals surface area contributed by atoms with Gasteiger partial charge < -0.3 is 29.9 Å². The lowest BCUT2D eigenvalue weighted by molar-refractivity contribution is -0.579. The molecule has 330 valence electrons. The first-order chi connectivity index (χ1) is 29.8. The topological polar surface area (TPSA) is 126 Å². The number of hydrogen-bond acceptors (Lipinski definition) is 8. The maximum atomic E-state index is 13.7. The van der Waals surface area contributed by atoms with Crippen LogP contribution in [0.2, 0.25) is 0 Å². The predicted octanol–water partition coefficient (Wildman–Crippen LogP) is 10.8. The van der Waals surface area contributed by atoms with Gasteiger partial charge in [0, 0.05) is 60.1 Å². The van der Waals surface area contributed by atoms with Gasteiger partial charge in [-0.3, -0.25) is 0 Å². The maximum Gasteiger partial charge on any atom is 0.573 e. The maximum absolute atomic E-state index is 13.7. The highest BCUT2D eigenvalue weighted by Gasteiger charge is 2.32. The van der Waals surface area contributed by atoms with Gasteiger partial charge in [0.2, 0.25) is 5.69 Å². The summed E-state index contributed by atoms with van der Waals surface area (Å²) in [5.41, 5.74) is 4.82. The Morgan fingerprint density at radius 3 is 1.78 bits per heavy atom. The molecule has 3 heterocycles. The monoisotopic (exact) mass is 893 g/mol. The highest BCUT2D eigenvalue weighted by atomic mass is 32.1. The standard InChI is InChI=1S/C44H42F6N8O4S/c1-6-29-23-51-39(52-24-29)31-20-30(25-57(27(2)3)41(59)54-32-10-14-36(15-11-32)61-43(45,46)47)21-35(22-31)56-18-19-63-40(56)38-9-7-8-34(53-38)26-58(28(4)5)42(60)55-33-12-16-37(17-13-33)62-44(48,49)50/h7-24,27-28H,6,25-26H2,1-5H3,(H-,54,55,59,60)/p+1. The Balaban J connectivity index is 1.27. The number of carbonyl (C=O) groups excluding carboxylic acids is 2. The van der Waals surface area contributed by atoms with Gasteiger partial charge in [0.05, 0.1) is 17.6 Å². The van der Waals surface area contributed by atoms with Gasteiger partial charge >= 0.3 is 24.8 Å². The number of rotatable bonds is 14. The van der Waals surface area contributed by atoms with Crippen LogP contribution in [0.25, 0.3) is 27.8 Å². The lowest BCUT2D eigenvalue weighted by Gasteiger charge is -2.27. The first kappa shape index (κ1) is 45.8. The fourth-order valence-corrected chi connectivity index (χ4v) is 7.12. The molecule has 0 aliphatic carbocycles. The minimum Gasteiger partial charge on any atom is -0.406 e. The fourth-order valence-electron chi connectivity index (χ4n) is 6.29. The molecule has 4 amide bonds. The molecule has 0 aliphatic heterocycles. The molecule has 6 aromatic rings. The van der Waals surface area contributed by atoms with Gasteiger partial charge in [-0.15, -0.1) is 30.9 Å². The summed E-state index contributed by atoms with van der Waals surface area (Å²) in [5, 5.41) is 8.15. The lowest BCUT2D eigenvalue weighted by Crippen LogP contribution is -2.40. The van der Waals surface area contributed by atoms with Crippen LogP contribution in [0.4, 0.5) is 47.3 Å². The van der Waals surface area contributed by atoms with Crippen LogP contribution in [0.15, 0.2) is 109 Å². The fraction of sp³-hybridized carbons (Fsp3) is 0.273. The zero-order valence-electron chi connectivity index (χ0n) is 34.7. The third-order valence-electron chi connectivity index (χ3n) is 9.39. The Kier molecular flexibility index (Phi) is 14.2. The second-order valence-electron chi connectivity index (χ2n) is 14.7. The second-order valence-corrected chi connectivity index (χ2v) is 15.6. The van der Waals surface area contributed by atoms with E-state index in [9.17, 15) is 35.9 Å². The largest absolute Gasteiger partial charge is 0.573 e. The Morgan fingerprint density at radius 2 is 1.27 bits per heavy atom. The van der Waals surface area contributed by atoms with E-state index in [1.165, 1.54) is 35.6 Å². The third kappa shape index (κ3) is 12.7. The number of halogens is 6. The van der Waals surface area contributed by atoms with Crippen LogP contribution in [0, 0.1) is 0 Å². The normalized spacial score (nSPS) is 11.7. The Morgan fingerprint density at radius 1 is 0.730 bits per heavy atom. The first-order valence-electron chi connectivity index (χ1n) is 19.6. The van der Waals surface area contributed by atoms with E-state index in [1.54, 1.807) is 28.3 Å². The number of anilines is 2. The van der Waals surface area contributed by atoms with Gasteiger partial charge in [-0.25, -0.2) is 24.5 Å². The molecule has 3 aromatic heterocycles.